The Kier molecular flexibility index (Phi) is 6.00. The van der Waals surface area contributed by atoms with Crippen molar-refractivity contribution in [2.75, 3.05) is 22.2 Å². The van der Waals surface area contributed by atoms with Crippen molar-refractivity contribution in [3.05, 3.63) is 54.6 Å². The van der Waals surface area contributed by atoms with E-state index >= 15 is 0 Å². The van der Waals surface area contributed by atoms with Crippen LogP contribution in [0.4, 0.5) is 11.4 Å². The third kappa shape index (κ3) is 4.28. The smallest absolute Gasteiger partial charge is 0.247 e. The number of nitrogens with one attached hydrogen (secondary N) is 1. The molecule has 1 saturated heterocycles. The molecule has 0 aromatic heterocycles. The number of amides is 3. The lowest BCUT2D eigenvalue weighted by molar-refractivity contribution is -0.121. The molecule has 1 aliphatic rings. The fourth-order valence-corrected chi connectivity index (χ4v) is 3.97. The van der Waals surface area contributed by atoms with Gasteiger partial charge in [-0.2, -0.15) is 0 Å². The summed E-state index contributed by atoms with van der Waals surface area (Å²) in [4.78, 5) is 39.1. The molecule has 3 amide bonds. The molecule has 0 aliphatic carbocycles. The topological polar surface area (TPSA) is 66.5 Å². The maximum atomic E-state index is 12.5. The first-order chi connectivity index (χ1) is 12.6. The van der Waals surface area contributed by atoms with Crippen LogP contribution in [0.5, 0.6) is 0 Å². The number of rotatable bonds is 6. The molecular formula is C19H18N2O3S2. The number of para-hydroxylation sites is 1. The van der Waals surface area contributed by atoms with E-state index in [-0.39, 0.29) is 29.9 Å². The molecule has 2 aromatic carbocycles. The lowest BCUT2D eigenvalue weighted by atomic mass is 10.3. The molecule has 7 heteroatoms. The first-order valence-corrected chi connectivity index (χ1v) is 10.3. The molecule has 2 aromatic rings. The highest BCUT2D eigenvalue weighted by Crippen LogP contribution is 2.29. The van der Waals surface area contributed by atoms with Crippen LogP contribution in [0.15, 0.2) is 59.5 Å². The van der Waals surface area contributed by atoms with Crippen LogP contribution in [-0.2, 0) is 14.4 Å². The van der Waals surface area contributed by atoms with Gasteiger partial charge in [0.1, 0.15) is 0 Å². The molecule has 5 nitrogen and oxygen atoms in total. The average molecular weight is 386 g/mol. The van der Waals surface area contributed by atoms with E-state index in [9.17, 15) is 14.4 Å². The highest BCUT2D eigenvalue weighted by Gasteiger charge is 2.39. The van der Waals surface area contributed by atoms with Crippen molar-refractivity contribution >= 4 is 52.6 Å². The van der Waals surface area contributed by atoms with Crippen LogP contribution in [0.2, 0.25) is 0 Å². The second-order valence-corrected chi connectivity index (χ2v) is 7.75. The molecule has 1 atom stereocenters. The highest BCUT2D eigenvalue weighted by atomic mass is 32.2. The number of imide groups is 1. The van der Waals surface area contributed by atoms with Gasteiger partial charge < -0.3 is 5.32 Å². The molecule has 0 saturated carbocycles. The zero-order valence-corrected chi connectivity index (χ0v) is 15.8. The molecule has 1 fully saturated rings. The Bertz CT molecular complexity index is 809. The Morgan fingerprint density at radius 3 is 2.46 bits per heavy atom. The van der Waals surface area contributed by atoms with E-state index in [0.717, 1.165) is 4.90 Å². The minimum Gasteiger partial charge on any atom is -0.325 e. The monoisotopic (exact) mass is 386 g/mol. The second-order valence-electron chi connectivity index (χ2n) is 5.68. The standard InChI is InChI=1S/C19H18N2O3S2/c1-25-15-9-7-13(8-10-15)20-17(22)12-26-16-11-18(23)21(19(16)24)14-5-3-2-4-6-14/h2-10,16H,11-12H2,1H3,(H,20,22). The van der Waals surface area contributed by atoms with Crippen molar-refractivity contribution in [1.82, 2.24) is 0 Å². The van der Waals surface area contributed by atoms with E-state index in [1.807, 2.05) is 36.6 Å². The van der Waals surface area contributed by atoms with Gasteiger partial charge in [-0.05, 0) is 42.7 Å². The SMILES string of the molecule is CSc1ccc(NC(=O)CSC2CC(=O)N(c3ccccc3)C2=O)cc1. The van der Waals surface area contributed by atoms with Crippen LogP contribution in [0.3, 0.4) is 0 Å². The summed E-state index contributed by atoms with van der Waals surface area (Å²) < 4.78 is 0. The van der Waals surface area contributed by atoms with Gasteiger partial charge in [-0.25, -0.2) is 4.90 Å². The third-order valence-corrected chi connectivity index (χ3v) is 5.85. The van der Waals surface area contributed by atoms with Crippen LogP contribution in [-0.4, -0.2) is 35.0 Å². The first kappa shape index (κ1) is 18.5. The van der Waals surface area contributed by atoms with E-state index < -0.39 is 5.25 Å². The maximum Gasteiger partial charge on any atom is 0.247 e. The fraction of sp³-hybridized carbons (Fsp3) is 0.211. The highest BCUT2D eigenvalue weighted by molar-refractivity contribution is 8.01. The maximum absolute atomic E-state index is 12.5. The molecule has 26 heavy (non-hydrogen) atoms. The summed E-state index contributed by atoms with van der Waals surface area (Å²) in [6.07, 6.45) is 2.11. The molecule has 0 bridgehead atoms. The quantitative estimate of drug-likeness (QED) is 0.609. The fourth-order valence-electron chi connectivity index (χ4n) is 2.63. The van der Waals surface area contributed by atoms with Crippen molar-refractivity contribution < 1.29 is 14.4 Å². The molecule has 0 radical (unpaired) electrons. The van der Waals surface area contributed by atoms with Gasteiger partial charge in [-0.15, -0.1) is 23.5 Å². The average Bonchev–Trinajstić information content (AvgIpc) is 2.95. The van der Waals surface area contributed by atoms with Gasteiger partial charge in [0.2, 0.25) is 17.7 Å². The van der Waals surface area contributed by atoms with Crippen molar-refractivity contribution in [3.63, 3.8) is 0 Å². The summed E-state index contributed by atoms with van der Waals surface area (Å²) in [7, 11) is 0. The van der Waals surface area contributed by atoms with Crippen LogP contribution < -0.4 is 10.2 Å². The van der Waals surface area contributed by atoms with Gasteiger partial charge in [-0.3, -0.25) is 14.4 Å². The Morgan fingerprint density at radius 2 is 1.81 bits per heavy atom. The van der Waals surface area contributed by atoms with Gasteiger partial charge in [0.15, 0.2) is 0 Å². The number of nitrogens with zero attached hydrogens (tertiary/aromatic N) is 1. The summed E-state index contributed by atoms with van der Waals surface area (Å²) >= 11 is 2.83. The van der Waals surface area contributed by atoms with E-state index in [4.69, 9.17) is 0 Å². The molecule has 1 heterocycles. The number of anilines is 2. The predicted octanol–water partition coefficient (Wildman–Crippen LogP) is 3.41. The molecule has 3 rings (SSSR count). The first-order valence-electron chi connectivity index (χ1n) is 8.06. The summed E-state index contributed by atoms with van der Waals surface area (Å²) in [5, 5.41) is 2.29. The van der Waals surface area contributed by atoms with Crippen molar-refractivity contribution in [3.8, 4) is 0 Å². The summed E-state index contributed by atoms with van der Waals surface area (Å²) in [5.74, 6) is -0.559. The number of carbonyl (C=O) groups is 3. The Hall–Kier alpha value is -2.25. The van der Waals surface area contributed by atoms with Crippen molar-refractivity contribution in [1.29, 1.82) is 0 Å². The largest absolute Gasteiger partial charge is 0.325 e. The summed E-state index contributed by atoms with van der Waals surface area (Å²) in [6, 6.07) is 16.4. The minimum atomic E-state index is -0.521. The van der Waals surface area contributed by atoms with Gasteiger partial charge in [0, 0.05) is 17.0 Å². The van der Waals surface area contributed by atoms with E-state index in [1.54, 1.807) is 36.0 Å². The third-order valence-electron chi connectivity index (χ3n) is 3.91. The van der Waals surface area contributed by atoms with E-state index in [2.05, 4.69) is 5.32 Å². The zero-order valence-electron chi connectivity index (χ0n) is 14.2. The summed E-state index contributed by atoms with van der Waals surface area (Å²) in [5.41, 5.74) is 1.29. The minimum absolute atomic E-state index is 0.119. The molecule has 1 unspecified atom stereocenters. The number of thioether (sulfide) groups is 2. The van der Waals surface area contributed by atoms with Gasteiger partial charge in [0.25, 0.3) is 0 Å². The van der Waals surface area contributed by atoms with Gasteiger partial charge in [0.05, 0.1) is 16.7 Å². The van der Waals surface area contributed by atoms with Gasteiger partial charge >= 0.3 is 0 Å². The lowest BCUT2D eigenvalue weighted by Gasteiger charge is -2.14. The van der Waals surface area contributed by atoms with Crippen LogP contribution in [0.1, 0.15) is 6.42 Å². The molecule has 134 valence electrons. The number of carbonyl (C=O) groups excluding carboxylic acids is 3. The van der Waals surface area contributed by atoms with Crippen molar-refractivity contribution in [2.24, 2.45) is 0 Å². The second kappa shape index (κ2) is 8.42. The normalized spacial score (nSPS) is 16.8. The predicted molar refractivity (Wildman–Crippen MR) is 107 cm³/mol. The number of hydrogen-bond acceptors (Lipinski definition) is 5. The van der Waals surface area contributed by atoms with E-state index in [1.165, 1.54) is 16.7 Å². The molecular weight excluding hydrogens is 368 g/mol. The number of benzene rings is 2. The van der Waals surface area contributed by atoms with Crippen molar-refractivity contribution in [2.45, 2.75) is 16.6 Å². The zero-order chi connectivity index (χ0) is 18.5. The Balaban J connectivity index is 1.55. The van der Waals surface area contributed by atoms with Crippen LogP contribution in [0, 0.1) is 0 Å². The molecule has 1 N–H and O–H groups in total. The van der Waals surface area contributed by atoms with Crippen LogP contribution >= 0.6 is 23.5 Å². The Morgan fingerprint density at radius 1 is 1.12 bits per heavy atom. The van der Waals surface area contributed by atoms with E-state index in [0.29, 0.717) is 11.4 Å². The molecule has 1 aliphatic heterocycles. The Labute approximate surface area is 160 Å². The molecule has 0 spiro atoms. The van der Waals surface area contributed by atoms with Crippen LogP contribution in [0.25, 0.3) is 0 Å². The summed E-state index contributed by atoms with van der Waals surface area (Å²) in [6.45, 7) is 0. The van der Waals surface area contributed by atoms with Gasteiger partial charge in [-0.1, -0.05) is 18.2 Å². The number of hydrogen-bond donors (Lipinski definition) is 1. The lowest BCUT2D eigenvalue weighted by Crippen LogP contribution is -2.31.